The average Bonchev–Trinajstić information content (AvgIpc) is 2.84. The number of amides is 1. The largest absolute Gasteiger partial charge is 0.387 e. The van der Waals surface area contributed by atoms with Crippen LogP contribution in [0.15, 0.2) is 66.7 Å². The van der Waals surface area contributed by atoms with Gasteiger partial charge in [-0.3, -0.25) is 4.79 Å². The van der Waals surface area contributed by atoms with Gasteiger partial charge in [0.1, 0.15) is 0 Å². The molecule has 1 fully saturated rings. The van der Waals surface area contributed by atoms with E-state index in [9.17, 15) is 4.79 Å². The number of hydrogen-bond donors (Lipinski definition) is 2. The molecular formula is C28H33N3O. The Kier molecular flexibility index (Phi) is 7.10. The second-order valence-corrected chi connectivity index (χ2v) is 8.66. The van der Waals surface area contributed by atoms with Crippen molar-refractivity contribution in [2.24, 2.45) is 0 Å². The number of nitrogens with zero attached hydrogens (tertiary/aromatic N) is 1. The molecule has 0 spiro atoms. The lowest BCUT2D eigenvalue weighted by molar-refractivity contribution is 0.102. The van der Waals surface area contributed by atoms with Gasteiger partial charge in [0.2, 0.25) is 0 Å². The third-order valence-corrected chi connectivity index (χ3v) is 6.27. The van der Waals surface area contributed by atoms with Crippen LogP contribution in [-0.2, 0) is 12.8 Å². The van der Waals surface area contributed by atoms with E-state index in [4.69, 9.17) is 0 Å². The second kappa shape index (κ2) is 10.4. The van der Waals surface area contributed by atoms with E-state index in [1.807, 2.05) is 31.3 Å². The van der Waals surface area contributed by atoms with Gasteiger partial charge < -0.3 is 15.5 Å². The molecule has 3 aromatic rings. The molecule has 166 valence electrons. The fourth-order valence-corrected chi connectivity index (χ4v) is 4.28. The number of aryl methyl sites for hydroxylation is 3. The van der Waals surface area contributed by atoms with Crippen LogP contribution in [0.3, 0.4) is 0 Å². The van der Waals surface area contributed by atoms with Crippen molar-refractivity contribution in [1.82, 2.24) is 0 Å². The molecule has 0 aromatic heterocycles. The van der Waals surface area contributed by atoms with Gasteiger partial charge in [-0.2, -0.15) is 0 Å². The highest BCUT2D eigenvalue weighted by molar-refractivity contribution is 6.08. The van der Waals surface area contributed by atoms with Crippen molar-refractivity contribution in [3.05, 3.63) is 89.0 Å². The summed E-state index contributed by atoms with van der Waals surface area (Å²) < 4.78 is 0. The number of rotatable bonds is 7. The first-order valence-electron chi connectivity index (χ1n) is 11.6. The molecule has 0 aliphatic carbocycles. The van der Waals surface area contributed by atoms with Crippen LogP contribution in [0.1, 0.15) is 46.3 Å². The molecule has 4 rings (SSSR count). The highest BCUT2D eigenvalue weighted by Crippen LogP contribution is 2.26. The van der Waals surface area contributed by atoms with Gasteiger partial charge in [0, 0.05) is 37.2 Å². The van der Waals surface area contributed by atoms with Crippen molar-refractivity contribution in [3.8, 4) is 0 Å². The first-order chi connectivity index (χ1) is 15.6. The van der Waals surface area contributed by atoms with Crippen LogP contribution in [0.2, 0.25) is 0 Å². The van der Waals surface area contributed by atoms with Crippen LogP contribution < -0.4 is 15.5 Å². The lowest BCUT2D eigenvalue weighted by Crippen LogP contribution is -2.29. The number of anilines is 3. The van der Waals surface area contributed by atoms with E-state index in [1.165, 1.54) is 36.0 Å². The van der Waals surface area contributed by atoms with Crippen molar-refractivity contribution < 1.29 is 4.79 Å². The maximum atomic E-state index is 13.1. The fraction of sp³-hybridized carbons (Fsp3) is 0.321. The quantitative estimate of drug-likeness (QED) is 0.481. The maximum Gasteiger partial charge on any atom is 0.257 e. The Morgan fingerprint density at radius 3 is 2.09 bits per heavy atom. The standard InChI is InChI=1S/C28H33N3O/c1-21-6-8-22(9-7-21)10-11-23-12-14-24(15-13-23)30-28(32)26-20-25(16-17-27(26)29-2)31-18-4-3-5-19-31/h6-9,12-17,20,29H,3-5,10-11,18-19H2,1-2H3,(H,30,32). The summed E-state index contributed by atoms with van der Waals surface area (Å²) in [7, 11) is 1.86. The Balaban J connectivity index is 1.41. The van der Waals surface area contributed by atoms with Gasteiger partial charge in [0.05, 0.1) is 5.56 Å². The summed E-state index contributed by atoms with van der Waals surface area (Å²) in [5.74, 6) is -0.0828. The molecule has 1 amide bonds. The van der Waals surface area contributed by atoms with Crippen molar-refractivity contribution in [2.45, 2.75) is 39.0 Å². The van der Waals surface area contributed by atoms with E-state index >= 15 is 0 Å². The molecule has 2 N–H and O–H groups in total. The minimum atomic E-state index is -0.0828. The number of carbonyl (C=O) groups is 1. The minimum absolute atomic E-state index is 0.0828. The van der Waals surface area contributed by atoms with Crippen LogP contribution in [0, 0.1) is 6.92 Å². The Hall–Kier alpha value is -3.27. The highest BCUT2D eigenvalue weighted by atomic mass is 16.1. The van der Waals surface area contributed by atoms with E-state index in [-0.39, 0.29) is 5.91 Å². The zero-order valence-corrected chi connectivity index (χ0v) is 19.2. The highest BCUT2D eigenvalue weighted by Gasteiger charge is 2.16. The van der Waals surface area contributed by atoms with Gasteiger partial charge in [-0.1, -0.05) is 42.0 Å². The van der Waals surface area contributed by atoms with E-state index in [0.29, 0.717) is 5.56 Å². The molecule has 32 heavy (non-hydrogen) atoms. The first kappa shape index (κ1) is 21.9. The normalized spacial score (nSPS) is 13.6. The lowest BCUT2D eigenvalue weighted by atomic mass is 10.0. The molecule has 0 bridgehead atoms. The zero-order valence-electron chi connectivity index (χ0n) is 19.2. The molecule has 1 saturated heterocycles. The number of nitrogens with one attached hydrogen (secondary N) is 2. The van der Waals surface area contributed by atoms with Gasteiger partial charge >= 0.3 is 0 Å². The van der Waals surface area contributed by atoms with Crippen molar-refractivity contribution in [3.63, 3.8) is 0 Å². The van der Waals surface area contributed by atoms with Crippen molar-refractivity contribution >= 4 is 23.0 Å². The fourth-order valence-electron chi connectivity index (χ4n) is 4.28. The van der Waals surface area contributed by atoms with Crippen LogP contribution in [0.25, 0.3) is 0 Å². The summed E-state index contributed by atoms with van der Waals surface area (Å²) in [5.41, 5.74) is 7.38. The molecular weight excluding hydrogens is 394 g/mol. The molecule has 3 aromatic carbocycles. The first-order valence-corrected chi connectivity index (χ1v) is 11.6. The SMILES string of the molecule is CNc1ccc(N2CCCCC2)cc1C(=O)Nc1ccc(CCc2ccc(C)cc2)cc1. The van der Waals surface area contributed by atoms with Crippen LogP contribution in [-0.4, -0.2) is 26.0 Å². The smallest absolute Gasteiger partial charge is 0.257 e. The molecule has 1 aliphatic rings. The van der Waals surface area contributed by atoms with Crippen LogP contribution in [0.4, 0.5) is 17.1 Å². The Bertz CT molecular complexity index is 1040. The van der Waals surface area contributed by atoms with Gasteiger partial charge in [0.25, 0.3) is 5.91 Å². The van der Waals surface area contributed by atoms with E-state index < -0.39 is 0 Å². The van der Waals surface area contributed by atoms with E-state index in [1.54, 1.807) is 0 Å². The molecule has 4 heteroatoms. The van der Waals surface area contributed by atoms with E-state index in [0.717, 1.165) is 43.0 Å². The average molecular weight is 428 g/mol. The summed E-state index contributed by atoms with van der Waals surface area (Å²) in [6, 6.07) is 23.0. The van der Waals surface area contributed by atoms with Crippen molar-refractivity contribution in [2.75, 3.05) is 35.7 Å². The van der Waals surface area contributed by atoms with Gasteiger partial charge in [-0.05, 0) is 80.5 Å². The lowest BCUT2D eigenvalue weighted by Gasteiger charge is -2.29. The predicted octanol–water partition coefficient (Wildman–Crippen LogP) is 6.06. The third kappa shape index (κ3) is 5.50. The van der Waals surface area contributed by atoms with Crippen molar-refractivity contribution in [1.29, 1.82) is 0 Å². The number of piperidine rings is 1. The summed E-state index contributed by atoms with van der Waals surface area (Å²) >= 11 is 0. The number of carbonyl (C=O) groups excluding carboxylic acids is 1. The number of benzene rings is 3. The van der Waals surface area contributed by atoms with Gasteiger partial charge in [-0.15, -0.1) is 0 Å². The van der Waals surface area contributed by atoms with Gasteiger partial charge in [0.15, 0.2) is 0 Å². The predicted molar refractivity (Wildman–Crippen MR) is 135 cm³/mol. The molecule has 0 atom stereocenters. The zero-order chi connectivity index (χ0) is 22.3. The summed E-state index contributed by atoms with van der Waals surface area (Å²) in [4.78, 5) is 15.5. The molecule has 0 saturated carbocycles. The second-order valence-electron chi connectivity index (χ2n) is 8.66. The summed E-state index contributed by atoms with van der Waals surface area (Å²) in [6.45, 7) is 4.23. The molecule has 0 radical (unpaired) electrons. The van der Waals surface area contributed by atoms with E-state index in [2.05, 4.69) is 64.9 Å². The monoisotopic (exact) mass is 427 g/mol. The number of hydrogen-bond acceptors (Lipinski definition) is 3. The van der Waals surface area contributed by atoms with Gasteiger partial charge in [-0.25, -0.2) is 0 Å². The Labute approximate surface area is 191 Å². The maximum absolute atomic E-state index is 13.1. The molecule has 0 unspecified atom stereocenters. The third-order valence-electron chi connectivity index (χ3n) is 6.27. The Morgan fingerprint density at radius 2 is 1.47 bits per heavy atom. The summed E-state index contributed by atoms with van der Waals surface area (Å²) in [6.07, 6.45) is 5.72. The topological polar surface area (TPSA) is 44.4 Å². The Morgan fingerprint density at radius 1 is 0.844 bits per heavy atom. The van der Waals surface area contributed by atoms with Crippen LogP contribution in [0.5, 0.6) is 0 Å². The van der Waals surface area contributed by atoms with Crippen LogP contribution >= 0.6 is 0 Å². The molecule has 1 aliphatic heterocycles. The molecule has 1 heterocycles. The minimum Gasteiger partial charge on any atom is -0.387 e. The molecule has 4 nitrogen and oxygen atoms in total. The summed E-state index contributed by atoms with van der Waals surface area (Å²) in [5, 5.41) is 6.23.